The largest absolute Gasteiger partial charge is 0.478 e. The molecule has 0 bridgehead atoms. The smallest absolute Gasteiger partial charge is 0.336 e. The number of nitrogens with one attached hydrogen (secondary N) is 1. The van der Waals surface area contributed by atoms with Crippen molar-refractivity contribution < 1.29 is 14.7 Å². The van der Waals surface area contributed by atoms with E-state index in [-0.39, 0.29) is 11.5 Å². The van der Waals surface area contributed by atoms with Crippen molar-refractivity contribution in [2.75, 3.05) is 6.54 Å². The van der Waals surface area contributed by atoms with Gasteiger partial charge in [0.15, 0.2) is 0 Å². The maximum absolute atomic E-state index is 12.2. The molecular weight excluding hydrogens is 266 g/mol. The van der Waals surface area contributed by atoms with E-state index in [9.17, 15) is 14.7 Å². The average Bonchev–Trinajstić information content (AvgIpc) is 2.89. The Hall–Kier alpha value is -2.88. The van der Waals surface area contributed by atoms with E-state index < -0.39 is 5.97 Å². The van der Waals surface area contributed by atoms with Gasteiger partial charge in [-0.3, -0.25) is 4.79 Å². The van der Waals surface area contributed by atoms with Crippen molar-refractivity contribution in [3.63, 3.8) is 0 Å². The summed E-state index contributed by atoms with van der Waals surface area (Å²) in [4.78, 5) is 23.5. The van der Waals surface area contributed by atoms with Crippen molar-refractivity contribution in [3.05, 3.63) is 71.3 Å². The van der Waals surface area contributed by atoms with E-state index in [1.165, 1.54) is 6.07 Å². The summed E-state index contributed by atoms with van der Waals surface area (Å²) in [7, 11) is 0. The fourth-order valence-electron chi connectivity index (χ4n) is 2.54. The highest BCUT2D eigenvalue weighted by Gasteiger charge is 2.27. The standard InChI is InChI=1S/C17H13NO3/c19-16-15(12-8-4-5-9-13(12)17(20)21)14(10-18-16)11-6-2-1-3-7-11/h1-9H,10H2,(H,18,19)(H,20,21). The van der Waals surface area contributed by atoms with Gasteiger partial charge in [0.25, 0.3) is 5.91 Å². The highest BCUT2D eigenvalue weighted by molar-refractivity contribution is 6.31. The van der Waals surface area contributed by atoms with Crippen LogP contribution in [0.15, 0.2) is 54.6 Å². The molecule has 1 aliphatic heterocycles. The molecule has 1 aliphatic rings. The maximum Gasteiger partial charge on any atom is 0.336 e. The van der Waals surface area contributed by atoms with Crippen molar-refractivity contribution in [3.8, 4) is 0 Å². The Bertz CT molecular complexity index is 748. The van der Waals surface area contributed by atoms with Crippen LogP contribution in [-0.4, -0.2) is 23.5 Å². The van der Waals surface area contributed by atoms with Crippen molar-refractivity contribution >= 4 is 23.0 Å². The predicted octanol–water partition coefficient (Wildman–Crippen LogP) is 2.43. The first-order valence-corrected chi connectivity index (χ1v) is 6.58. The van der Waals surface area contributed by atoms with Gasteiger partial charge in [-0.2, -0.15) is 0 Å². The van der Waals surface area contributed by atoms with Crippen LogP contribution < -0.4 is 5.32 Å². The SMILES string of the molecule is O=C1NCC(c2ccccc2)=C1c1ccccc1C(=O)O. The number of benzene rings is 2. The number of carbonyl (C=O) groups is 2. The first kappa shape index (κ1) is 13.1. The van der Waals surface area contributed by atoms with Crippen LogP contribution in [0.1, 0.15) is 21.5 Å². The van der Waals surface area contributed by atoms with Gasteiger partial charge in [0.2, 0.25) is 0 Å². The van der Waals surface area contributed by atoms with E-state index in [2.05, 4.69) is 5.32 Å². The number of hydrogen-bond acceptors (Lipinski definition) is 2. The van der Waals surface area contributed by atoms with Crippen LogP contribution in [-0.2, 0) is 4.79 Å². The molecule has 2 aromatic carbocycles. The fraction of sp³-hybridized carbons (Fsp3) is 0.0588. The summed E-state index contributed by atoms with van der Waals surface area (Å²) in [5.41, 5.74) is 2.79. The zero-order valence-corrected chi connectivity index (χ0v) is 11.2. The molecule has 0 saturated carbocycles. The second-order valence-corrected chi connectivity index (χ2v) is 4.75. The minimum Gasteiger partial charge on any atom is -0.478 e. The van der Waals surface area contributed by atoms with Crippen LogP contribution in [0.25, 0.3) is 11.1 Å². The quantitative estimate of drug-likeness (QED) is 0.906. The lowest BCUT2D eigenvalue weighted by molar-refractivity contribution is -0.114. The van der Waals surface area contributed by atoms with E-state index in [1.807, 2.05) is 30.3 Å². The van der Waals surface area contributed by atoms with Gasteiger partial charge in [0.1, 0.15) is 0 Å². The van der Waals surface area contributed by atoms with Gasteiger partial charge in [-0.25, -0.2) is 4.79 Å². The zero-order chi connectivity index (χ0) is 14.8. The summed E-state index contributed by atoms with van der Waals surface area (Å²) in [6.07, 6.45) is 0. The second-order valence-electron chi connectivity index (χ2n) is 4.75. The normalized spacial score (nSPS) is 14.2. The van der Waals surface area contributed by atoms with Crippen molar-refractivity contribution in [2.24, 2.45) is 0 Å². The topological polar surface area (TPSA) is 66.4 Å². The van der Waals surface area contributed by atoms with Crippen LogP contribution in [0.3, 0.4) is 0 Å². The Labute approximate surface area is 121 Å². The molecule has 1 heterocycles. The minimum atomic E-state index is -1.04. The Kier molecular flexibility index (Phi) is 3.28. The summed E-state index contributed by atoms with van der Waals surface area (Å²) in [5, 5.41) is 12.1. The van der Waals surface area contributed by atoms with Gasteiger partial charge in [0, 0.05) is 12.1 Å². The lowest BCUT2D eigenvalue weighted by atomic mass is 9.93. The molecular formula is C17H13NO3. The van der Waals surface area contributed by atoms with Crippen LogP contribution in [0, 0.1) is 0 Å². The Morgan fingerprint density at radius 1 is 1.00 bits per heavy atom. The van der Waals surface area contributed by atoms with Gasteiger partial charge in [-0.1, -0.05) is 48.5 Å². The Balaban J connectivity index is 2.23. The molecule has 3 rings (SSSR count). The number of aromatic carboxylic acids is 1. The fourth-order valence-corrected chi connectivity index (χ4v) is 2.54. The van der Waals surface area contributed by atoms with Gasteiger partial charge >= 0.3 is 5.97 Å². The monoisotopic (exact) mass is 279 g/mol. The molecule has 0 saturated heterocycles. The Morgan fingerprint density at radius 2 is 1.67 bits per heavy atom. The molecule has 2 aromatic rings. The van der Waals surface area contributed by atoms with Gasteiger partial charge < -0.3 is 10.4 Å². The molecule has 21 heavy (non-hydrogen) atoms. The molecule has 0 aromatic heterocycles. The van der Waals surface area contributed by atoms with E-state index in [4.69, 9.17) is 0 Å². The molecule has 0 unspecified atom stereocenters. The Morgan fingerprint density at radius 3 is 2.38 bits per heavy atom. The van der Waals surface area contributed by atoms with E-state index in [1.54, 1.807) is 18.2 Å². The molecule has 0 aliphatic carbocycles. The molecule has 0 radical (unpaired) electrons. The molecule has 0 spiro atoms. The van der Waals surface area contributed by atoms with Crippen LogP contribution in [0.5, 0.6) is 0 Å². The molecule has 2 N–H and O–H groups in total. The number of amides is 1. The third kappa shape index (κ3) is 2.31. The highest BCUT2D eigenvalue weighted by Crippen LogP contribution is 2.31. The maximum atomic E-state index is 12.2. The summed E-state index contributed by atoms with van der Waals surface area (Å²) in [6.45, 7) is 0.409. The van der Waals surface area contributed by atoms with E-state index >= 15 is 0 Å². The molecule has 0 atom stereocenters. The molecule has 4 nitrogen and oxygen atoms in total. The van der Waals surface area contributed by atoms with E-state index in [0.29, 0.717) is 17.7 Å². The van der Waals surface area contributed by atoms with Gasteiger partial charge in [-0.15, -0.1) is 0 Å². The lowest BCUT2D eigenvalue weighted by Crippen LogP contribution is -2.17. The predicted molar refractivity (Wildman–Crippen MR) is 79.7 cm³/mol. The third-order valence-corrected chi connectivity index (χ3v) is 3.50. The van der Waals surface area contributed by atoms with Crippen molar-refractivity contribution in [1.82, 2.24) is 5.32 Å². The molecule has 0 fully saturated rings. The van der Waals surface area contributed by atoms with Gasteiger partial charge in [0.05, 0.1) is 11.1 Å². The first-order valence-electron chi connectivity index (χ1n) is 6.58. The van der Waals surface area contributed by atoms with E-state index in [0.717, 1.165) is 11.1 Å². The third-order valence-electron chi connectivity index (χ3n) is 3.50. The number of carboxylic acids is 1. The second kappa shape index (κ2) is 5.25. The first-order chi connectivity index (χ1) is 10.2. The number of carbonyl (C=O) groups excluding carboxylic acids is 1. The zero-order valence-electron chi connectivity index (χ0n) is 11.2. The summed E-state index contributed by atoms with van der Waals surface area (Å²) >= 11 is 0. The molecule has 1 amide bonds. The summed E-state index contributed by atoms with van der Waals surface area (Å²) < 4.78 is 0. The van der Waals surface area contributed by atoms with Crippen LogP contribution in [0.2, 0.25) is 0 Å². The van der Waals surface area contributed by atoms with Crippen molar-refractivity contribution in [1.29, 1.82) is 0 Å². The average molecular weight is 279 g/mol. The van der Waals surface area contributed by atoms with Crippen LogP contribution in [0.4, 0.5) is 0 Å². The minimum absolute atomic E-state index is 0.137. The van der Waals surface area contributed by atoms with Gasteiger partial charge in [-0.05, 0) is 17.2 Å². The number of carboxylic acid groups (broad SMARTS) is 1. The summed E-state index contributed by atoms with van der Waals surface area (Å²) in [5.74, 6) is -1.27. The highest BCUT2D eigenvalue weighted by atomic mass is 16.4. The number of rotatable bonds is 3. The van der Waals surface area contributed by atoms with Crippen molar-refractivity contribution in [2.45, 2.75) is 0 Å². The van der Waals surface area contributed by atoms with Crippen LogP contribution >= 0.6 is 0 Å². The lowest BCUT2D eigenvalue weighted by Gasteiger charge is -2.08. The molecule has 104 valence electrons. The summed E-state index contributed by atoms with van der Waals surface area (Å²) in [6, 6.07) is 16.1. The number of hydrogen-bond donors (Lipinski definition) is 2. The molecule has 4 heteroatoms.